The molecule has 1 saturated heterocycles. The highest BCUT2D eigenvalue weighted by Crippen LogP contribution is 2.31. The number of rotatable bonds is 6. The number of hydrogen-bond donors (Lipinski definition) is 1. The van der Waals surface area contributed by atoms with E-state index >= 15 is 0 Å². The molecule has 33 heavy (non-hydrogen) atoms. The average Bonchev–Trinajstić information content (AvgIpc) is 2.78. The van der Waals surface area contributed by atoms with Crippen LogP contribution in [0.5, 0.6) is 5.75 Å². The summed E-state index contributed by atoms with van der Waals surface area (Å²) in [6.45, 7) is 3.01. The van der Waals surface area contributed by atoms with Crippen LogP contribution in [0.15, 0.2) is 41.3 Å². The second kappa shape index (κ2) is 9.61. The Labute approximate surface area is 191 Å². The first kappa shape index (κ1) is 24.2. The number of nitro groups is 1. The van der Waals surface area contributed by atoms with Crippen molar-refractivity contribution in [2.45, 2.75) is 17.9 Å². The topological polar surface area (TPSA) is 122 Å². The maximum absolute atomic E-state index is 14.0. The van der Waals surface area contributed by atoms with Crippen molar-refractivity contribution in [3.63, 3.8) is 0 Å². The Morgan fingerprint density at radius 3 is 2.39 bits per heavy atom. The number of nitro benzene ring substituents is 1. The molecule has 2 aromatic carbocycles. The molecule has 2 aromatic rings. The Hall–Kier alpha value is -3.41. The molecule has 0 aromatic heterocycles. The van der Waals surface area contributed by atoms with Gasteiger partial charge in [0.05, 0.1) is 23.0 Å². The number of ether oxygens (including phenoxy) is 1. The Balaban J connectivity index is 1.65. The number of urea groups is 1. The first-order valence-corrected chi connectivity index (χ1v) is 12.0. The van der Waals surface area contributed by atoms with Gasteiger partial charge in [-0.1, -0.05) is 6.07 Å². The second-order valence-corrected chi connectivity index (χ2v) is 9.73. The maximum Gasteiger partial charge on any atom is 0.317 e. The molecule has 1 atom stereocenters. The van der Waals surface area contributed by atoms with E-state index in [0.717, 1.165) is 12.3 Å². The summed E-state index contributed by atoms with van der Waals surface area (Å²) in [5.74, 6) is -0.403. The Morgan fingerprint density at radius 1 is 1.18 bits per heavy atom. The van der Waals surface area contributed by atoms with Crippen molar-refractivity contribution >= 4 is 27.2 Å². The third-order valence-electron chi connectivity index (χ3n) is 5.50. The van der Waals surface area contributed by atoms with E-state index in [4.69, 9.17) is 4.74 Å². The number of anilines is 1. The van der Waals surface area contributed by atoms with Crippen molar-refractivity contribution in [3.05, 3.63) is 57.9 Å². The lowest BCUT2D eigenvalue weighted by Gasteiger charge is -2.36. The third-order valence-corrected chi connectivity index (χ3v) is 6.61. The second-order valence-electron chi connectivity index (χ2n) is 7.72. The Bertz CT molecular complexity index is 1170. The summed E-state index contributed by atoms with van der Waals surface area (Å²) in [4.78, 5) is 26.8. The number of benzene rings is 2. The van der Waals surface area contributed by atoms with Crippen molar-refractivity contribution in [2.24, 2.45) is 0 Å². The monoisotopic (exact) mass is 480 g/mol. The zero-order chi connectivity index (χ0) is 24.3. The normalized spacial score (nSPS) is 15.2. The summed E-state index contributed by atoms with van der Waals surface area (Å²) in [5.41, 5.74) is 0.586. The lowest BCUT2D eigenvalue weighted by atomic mass is 10.1. The van der Waals surface area contributed by atoms with Crippen molar-refractivity contribution in [1.82, 2.24) is 10.2 Å². The molecule has 0 saturated carbocycles. The van der Waals surface area contributed by atoms with Crippen LogP contribution in [0.3, 0.4) is 0 Å². The van der Waals surface area contributed by atoms with E-state index in [1.165, 1.54) is 31.4 Å². The molecule has 2 amide bonds. The molecule has 1 aliphatic rings. The fourth-order valence-corrected chi connectivity index (χ4v) is 4.25. The zero-order valence-corrected chi connectivity index (χ0v) is 19.3. The van der Waals surface area contributed by atoms with Gasteiger partial charge in [0.15, 0.2) is 21.4 Å². The molecule has 1 heterocycles. The van der Waals surface area contributed by atoms with Gasteiger partial charge in [-0.25, -0.2) is 17.6 Å². The van der Waals surface area contributed by atoms with Crippen LogP contribution in [0, 0.1) is 15.9 Å². The fourth-order valence-electron chi connectivity index (χ4n) is 3.61. The third kappa shape index (κ3) is 5.51. The zero-order valence-electron chi connectivity index (χ0n) is 18.4. The fraction of sp³-hybridized carbons (Fsp3) is 0.381. The maximum atomic E-state index is 14.0. The first-order chi connectivity index (χ1) is 15.5. The predicted octanol–water partition coefficient (Wildman–Crippen LogP) is 2.74. The predicted molar refractivity (Wildman–Crippen MR) is 120 cm³/mol. The lowest BCUT2D eigenvalue weighted by Crippen LogP contribution is -2.52. The van der Waals surface area contributed by atoms with Crippen LogP contribution in [-0.2, 0) is 9.84 Å². The number of halogens is 1. The highest BCUT2D eigenvalue weighted by molar-refractivity contribution is 7.90. The summed E-state index contributed by atoms with van der Waals surface area (Å²) >= 11 is 0. The number of methoxy groups -OCH3 is 1. The summed E-state index contributed by atoms with van der Waals surface area (Å²) < 4.78 is 42.3. The molecule has 0 radical (unpaired) electrons. The quantitative estimate of drug-likeness (QED) is 0.498. The summed E-state index contributed by atoms with van der Waals surface area (Å²) in [6.07, 6.45) is 0.991. The molecular formula is C21H25FN4O6S. The molecule has 3 rings (SSSR count). The number of sulfone groups is 1. The van der Waals surface area contributed by atoms with Crippen LogP contribution in [0.25, 0.3) is 0 Å². The first-order valence-electron chi connectivity index (χ1n) is 10.1. The molecule has 10 nitrogen and oxygen atoms in total. The average molecular weight is 481 g/mol. The minimum Gasteiger partial charge on any atom is -0.494 e. The highest BCUT2D eigenvalue weighted by atomic mass is 32.2. The van der Waals surface area contributed by atoms with Gasteiger partial charge in [0.1, 0.15) is 5.69 Å². The highest BCUT2D eigenvalue weighted by Gasteiger charge is 2.27. The molecular weight excluding hydrogens is 455 g/mol. The van der Waals surface area contributed by atoms with Gasteiger partial charge in [0.25, 0.3) is 5.69 Å². The van der Waals surface area contributed by atoms with Crippen molar-refractivity contribution in [2.75, 3.05) is 44.4 Å². The van der Waals surface area contributed by atoms with Gasteiger partial charge in [0, 0.05) is 38.5 Å². The van der Waals surface area contributed by atoms with Crippen molar-refractivity contribution in [3.8, 4) is 5.75 Å². The molecule has 0 spiro atoms. The van der Waals surface area contributed by atoms with E-state index in [0.29, 0.717) is 37.4 Å². The van der Waals surface area contributed by atoms with Gasteiger partial charge in [0.2, 0.25) is 0 Å². The molecule has 0 unspecified atom stereocenters. The molecule has 12 heteroatoms. The molecule has 178 valence electrons. The van der Waals surface area contributed by atoms with E-state index in [2.05, 4.69) is 5.32 Å². The van der Waals surface area contributed by atoms with Crippen LogP contribution in [0.1, 0.15) is 18.5 Å². The molecule has 1 aliphatic heterocycles. The van der Waals surface area contributed by atoms with E-state index in [1.807, 2.05) is 0 Å². The number of nitrogens with zero attached hydrogens (tertiary/aromatic N) is 3. The van der Waals surface area contributed by atoms with Crippen LogP contribution in [0.2, 0.25) is 0 Å². The van der Waals surface area contributed by atoms with Crippen LogP contribution in [0.4, 0.5) is 20.6 Å². The minimum atomic E-state index is -3.58. The van der Waals surface area contributed by atoms with E-state index in [1.54, 1.807) is 22.8 Å². The van der Waals surface area contributed by atoms with Gasteiger partial charge < -0.3 is 19.9 Å². The van der Waals surface area contributed by atoms with E-state index in [-0.39, 0.29) is 22.4 Å². The minimum absolute atomic E-state index is 0.118. The number of carbonyl (C=O) groups excluding carboxylic acids is 1. The number of piperazine rings is 1. The van der Waals surface area contributed by atoms with Gasteiger partial charge in [-0.15, -0.1) is 0 Å². The Kier molecular flexibility index (Phi) is 7.06. The van der Waals surface area contributed by atoms with E-state index < -0.39 is 26.6 Å². The number of hydrogen-bond acceptors (Lipinski definition) is 7. The van der Waals surface area contributed by atoms with Gasteiger partial charge in [-0.2, -0.15) is 0 Å². The molecule has 0 aliphatic carbocycles. The SMILES string of the molecule is COc1ccc([C@H](C)NC(=O)N2CCN(c3ccc(S(C)(=O)=O)cc3[N+](=O)[O-])CC2)cc1F. The molecule has 1 N–H and O–H groups in total. The van der Waals surface area contributed by atoms with E-state index in [9.17, 15) is 27.7 Å². The van der Waals surface area contributed by atoms with Crippen LogP contribution < -0.4 is 15.0 Å². The van der Waals surface area contributed by atoms with Gasteiger partial charge in [-0.05, 0) is 36.8 Å². The number of carbonyl (C=O) groups is 1. The van der Waals surface area contributed by atoms with Crippen molar-refractivity contribution in [1.29, 1.82) is 0 Å². The molecule has 1 fully saturated rings. The van der Waals surface area contributed by atoms with Crippen LogP contribution in [-0.4, -0.2) is 63.8 Å². The standard InChI is InChI=1S/C21H25FN4O6S/c1-14(15-4-7-20(32-2)17(22)12-15)23-21(27)25-10-8-24(9-11-25)18-6-5-16(33(3,30)31)13-19(18)26(28)29/h4-7,12-14H,8-11H2,1-3H3,(H,23,27)/t14-/m0/s1. The van der Waals surface area contributed by atoms with Gasteiger partial charge >= 0.3 is 6.03 Å². The lowest BCUT2D eigenvalue weighted by molar-refractivity contribution is -0.384. The summed E-state index contributed by atoms with van der Waals surface area (Å²) in [7, 11) is -2.21. The van der Waals surface area contributed by atoms with Crippen LogP contribution >= 0.6 is 0 Å². The summed E-state index contributed by atoms with van der Waals surface area (Å²) in [5, 5.41) is 14.3. The van der Waals surface area contributed by atoms with Gasteiger partial charge in [-0.3, -0.25) is 10.1 Å². The Morgan fingerprint density at radius 2 is 1.85 bits per heavy atom. The molecule has 0 bridgehead atoms. The summed E-state index contributed by atoms with van der Waals surface area (Å²) in [6, 6.07) is 7.51. The number of amides is 2. The van der Waals surface area contributed by atoms with Crippen molar-refractivity contribution < 1.29 is 27.3 Å². The smallest absolute Gasteiger partial charge is 0.317 e. The number of nitrogens with one attached hydrogen (secondary N) is 1. The largest absolute Gasteiger partial charge is 0.494 e.